The van der Waals surface area contributed by atoms with Crippen LogP contribution < -0.4 is 27.2 Å². The van der Waals surface area contributed by atoms with E-state index in [4.69, 9.17) is 17.3 Å². The van der Waals surface area contributed by atoms with Gasteiger partial charge in [-0.1, -0.05) is 11.6 Å². The standard InChI is InChI=1S/C15H16ClN7O2/c16-8-5-9(21-11-6-10(17)19-7-20-11)14(25)23-12(8)13(24)22-15(23)1-3-18-4-2-15/h5-7,18H,1-4H2,(H,22,24)(H3,17,19,20,21). The Kier molecular flexibility index (Phi) is 3.62. The number of nitrogens with one attached hydrogen (secondary N) is 3. The first-order valence-electron chi connectivity index (χ1n) is 7.84. The molecule has 1 fully saturated rings. The van der Waals surface area contributed by atoms with Crippen LogP contribution in [0.25, 0.3) is 0 Å². The first-order chi connectivity index (χ1) is 12.0. The number of halogens is 1. The Labute approximate surface area is 147 Å². The van der Waals surface area contributed by atoms with Crippen LogP contribution in [0.3, 0.4) is 0 Å². The number of nitrogen functional groups attached to an aromatic ring is 1. The average Bonchev–Trinajstić information content (AvgIpc) is 2.85. The zero-order valence-corrected chi connectivity index (χ0v) is 13.9. The van der Waals surface area contributed by atoms with E-state index < -0.39 is 5.66 Å². The highest BCUT2D eigenvalue weighted by atomic mass is 35.5. The van der Waals surface area contributed by atoms with Crippen molar-refractivity contribution in [1.82, 2.24) is 25.2 Å². The Morgan fingerprint density at radius 2 is 2.00 bits per heavy atom. The molecule has 4 rings (SSSR count). The Balaban J connectivity index is 1.84. The molecule has 0 aliphatic carbocycles. The summed E-state index contributed by atoms with van der Waals surface area (Å²) in [7, 11) is 0. The third-order valence-electron chi connectivity index (χ3n) is 4.53. The van der Waals surface area contributed by atoms with Crippen LogP contribution in [0.1, 0.15) is 23.3 Å². The monoisotopic (exact) mass is 361 g/mol. The van der Waals surface area contributed by atoms with Crippen molar-refractivity contribution < 1.29 is 4.79 Å². The van der Waals surface area contributed by atoms with Gasteiger partial charge in [-0.15, -0.1) is 0 Å². The molecule has 5 N–H and O–H groups in total. The van der Waals surface area contributed by atoms with E-state index in [0.717, 1.165) is 0 Å². The lowest BCUT2D eigenvalue weighted by Crippen LogP contribution is -2.53. The summed E-state index contributed by atoms with van der Waals surface area (Å²) in [5, 5.41) is 9.30. The van der Waals surface area contributed by atoms with Gasteiger partial charge in [0, 0.05) is 18.9 Å². The fraction of sp³-hybridized carbons (Fsp3) is 0.333. The van der Waals surface area contributed by atoms with E-state index in [0.29, 0.717) is 31.7 Å². The Morgan fingerprint density at radius 1 is 1.24 bits per heavy atom. The topological polar surface area (TPSA) is 127 Å². The van der Waals surface area contributed by atoms with Crippen LogP contribution in [0.15, 0.2) is 23.3 Å². The zero-order chi connectivity index (χ0) is 17.6. The van der Waals surface area contributed by atoms with Gasteiger partial charge in [0.15, 0.2) is 0 Å². The van der Waals surface area contributed by atoms with Crippen molar-refractivity contribution in [3.63, 3.8) is 0 Å². The van der Waals surface area contributed by atoms with E-state index in [1.807, 2.05) is 0 Å². The summed E-state index contributed by atoms with van der Waals surface area (Å²) in [6.45, 7) is 1.40. The van der Waals surface area contributed by atoms with Crippen LogP contribution in [-0.4, -0.2) is 33.5 Å². The summed E-state index contributed by atoms with van der Waals surface area (Å²) in [6.07, 6.45) is 2.50. The number of amides is 1. The number of nitrogens with zero attached hydrogens (tertiary/aromatic N) is 3. The lowest BCUT2D eigenvalue weighted by Gasteiger charge is -2.35. The second-order valence-corrected chi connectivity index (χ2v) is 6.49. The van der Waals surface area contributed by atoms with Gasteiger partial charge in [-0.3, -0.25) is 14.2 Å². The van der Waals surface area contributed by atoms with E-state index in [1.165, 1.54) is 23.0 Å². The number of hydrogen-bond donors (Lipinski definition) is 4. The molecular weight excluding hydrogens is 346 g/mol. The molecule has 130 valence electrons. The van der Waals surface area contributed by atoms with Crippen molar-refractivity contribution in [2.75, 3.05) is 24.1 Å². The second-order valence-electron chi connectivity index (χ2n) is 6.08. The molecule has 0 atom stereocenters. The van der Waals surface area contributed by atoms with Gasteiger partial charge in [-0.25, -0.2) is 9.97 Å². The summed E-state index contributed by atoms with van der Waals surface area (Å²) in [5.74, 6) is 0.316. The van der Waals surface area contributed by atoms with Gasteiger partial charge in [-0.05, 0) is 19.2 Å². The van der Waals surface area contributed by atoms with Crippen molar-refractivity contribution in [2.45, 2.75) is 18.5 Å². The molecule has 2 aliphatic rings. The maximum absolute atomic E-state index is 13.1. The summed E-state index contributed by atoms with van der Waals surface area (Å²) in [5.41, 5.74) is 4.97. The normalized spacial score (nSPS) is 18.0. The number of anilines is 3. The molecule has 2 aromatic heterocycles. The molecule has 0 bridgehead atoms. The predicted octanol–water partition coefficient (Wildman–Crippen LogP) is 0.397. The number of fused-ring (bicyclic) bond motifs is 2. The Bertz CT molecular complexity index is 921. The third-order valence-corrected chi connectivity index (χ3v) is 4.81. The van der Waals surface area contributed by atoms with Crippen molar-refractivity contribution >= 4 is 34.8 Å². The number of piperidine rings is 1. The largest absolute Gasteiger partial charge is 0.384 e. The van der Waals surface area contributed by atoms with Crippen LogP contribution in [0.5, 0.6) is 0 Å². The third kappa shape index (κ3) is 2.52. The molecule has 9 nitrogen and oxygen atoms in total. The minimum atomic E-state index is -0.749. The van der Waals surface area contributed by atoms with Gasteiger partial charge in [0.2, 0.25) is 0 Å². The minimum Gasteiger partial charge on any atom is -0.384 e. The van der Waals surface area contributed by atoms with Crippen LogP contribution in [0.2, 0.25) is 5.02 Å². The number of pyridine rings is 1. The predicted molar refractivity (Wildman–Crippen MR) is 93.0 cm³/mol. The number of nitrogens with two attached hydrogens (primary N) is 1. The molecule has 25 heavy (non-hydrogen) atoms. The maximum Gasteiger partial charge on any atom is 0.276 e. The van der Waals surface area contributed by atoms with E-state index in [-0.39, 0.29) is 33.7 Å². The highest BCUT2D eigenvalue weighted by Crippen LogP contribution is 2.34. The van der Waals surface area contributed by atoms with Crippen LogP contribution in [-0.2, 0) is 5.66 Å². The van der Waals surface area contributed by atoms with Gasteiger partial charge in [-0.2, -0.15) is 0 Å². The number of carbonyl (C=O) groups is 1. The Morgan fingerprint density at radius 3 is 2.72 bits per heavy atom. The average molecular weight is 362 g/mol. The van der Waals surface area contributed by atoms with Gasteiger partial charge >= 0.3 is 0 Å². The summed E-state index contributed by atoms with van der Waals surface area (Å²) >= 11 is 6.31. The molecule has 1 amide bonds. The van der Waals surface area contributed by atoms with Crippen molar-refractivity contribution in [1.29, 1.82) is 0 Å². The van der Waals surface area contributed by atoms with E-state index >= 15 is 0 Å². The zero-order valence-electron chi connectivity index (χ0n) is 13.2. The first-order valence-corrected chi connectivity index (χ1v) is 8.22. The fourth-order valence-corrected chi connectivity index (χ4v) is 3.67. The van der Waals surface area contributed by atoms with E-state index in [9.17, 15) is 9.59 Å². The fourth-order valence-electron chi connectivity index (χ4n) is 3.39. The van der Waals surface area contributed by atoms with E-state index in [1.54, 1.807) is 0 Å². The number of rotatable bonds is 2. The minimum absolute atomic E-state index is 0.196. The van der Waals surface area contributed by atoms with E-state index in [2.05, 4.69) is 25.9 Å². The lowest BCUT2D eigenvalue weighted by molar-refractivity contribution is 0.0886. The summed E-state index contributed by atoms with van der Waals surface area (Å²) in [6, 6.07) is 2.95. The highest BCUT2D eigenvalue weighted by molar-refractivity contribution is 6.34. The van der Waals surface area contributed by atoms with Crippen molar-refractivity contribution in [3.05, 3.63) is 39.5 Å². The maximum atomic E-state index is 13.1. The molecule has 1 saturated heterocycles. The molecule has 0 aromatic carbocycles. The van der Waals surface area contributed by atoms with Gasteiger partial charge < -0.3 is 21.7 Å². The Hall–Kier alpha value is -2.65. The molecule has 0 radical (unpaired) electrons. The molecule has 2 aliphatic heterocycles. The first kappa shape index (κ1) is 15.9. The summed E-state index contributed by atoms with van der Waals surface area (Å²) in [4.78, 5) is 33.3. The van der Waals surface area contributed by atoms with Crippen LogP contribution >= 0.6 is 11.6 Å². The van der Waals surface area contributed by atoms with Crippen LogP contribution in [0.4, 0.5) is 17.3 Å². The van der Waals surface area contributed by atoms with Crippen LogP contribution in [0, 0.1) is 0 Å². The molecule has 1 spiro atoms. The smallest absolute Gasteiger partial charge is 0.276 e. The van der Waals surface area contributed by atoms with Gasteiger partial charge in [0.25, 0.3) is 11.5 Å². The summed E-state index contributed by atoms with van der Waals surface area (Å²) < 4.78 is 1.48. The lowest BCUT2D eigenvalue weighted by atomic mass is 9.98. The second kappa shape index (κ2) is 5.71. The SMILES string of the molecule is Nc1cc(Nc2cc(Cl)c3n(c2=O)C2(CCNCC2)NC3=O)ncn1. The molecule has 2 aromatic rings. The van der Waals surface area contributed by atoms with Crippen molar-refractivity contribution in [2.24, 2.45) is 0 Å². The van der Waals surface area contributed by atoms with Crippen molar-refractivity contribution in [3.8, 4) is 0 Å². The molecule has 10 heteroatoms. The molecule has 4 heterocycles. The molecular formula is C15H16ClN7O2. The molecule has 0 saturated carbocycles. The number of hydrogen-bond acceptors (Lipinski definition) is 7. The quantitative estimate of drug-likeness (QED) is 0.609. The number of carbonyl (C=O) groups excluding carboxylic acids is 1. The molecule has 0 unspecified atom stereocenters. The number of aromatic nitrogens is 3. The van der Waals surface area contributed by atoms with Gasteiger partial charge in [0.05, 0.1) is 5.02 Å². The van der Waals surface area contributed by atoms with Gasteiger partial charge in [0.1, 0.15) is 35.0 Å². The highest BCUT2D eigenvalue weighted by Gasteiger charge is 2.45.